The summed E-state index contributed by atoms with van der Waals surface area (Å²) < 4.78 is 6.66. The first-order chi connectivity index (χ1) is 12.3. The smallest absolute Gasteiger partial charge is 0.320 e. The van der Waals surface area contributed by atoms with E-state index in [0.29, 0.717) is 30.5 Å². The summed E-state index contributed by atoms with van der Waals surface area (Å²) in [5.41, 5.74) is 2.02. The van der Waals surface area contributed by atoms with Gasteiger partial charge < -0.3 is 15.2 Å². The SMILES string of the molecule is CC(C)CC(NCc1ccc(OCc2ccc(Cl)cc2)c(Br)c1)C(=O)O. The van der Waals surface area contributed by atoms with Crippen LogP contribution in [0.5, 0.6) is 5.75 Å². The van der Waals surface area contributed by atoms with Crippen LogP contribution >= 0.6 is 27.5 Å². The van der Waals surface area contributed by atoms with Gasteiger partial charge >= 0.3 is 5.97 Å². The van der Waals surface area contributed by atoms with Crippen LogP contribution in [0.15, 0.2) is 46.9 Å². The first-order valence-electron chi connectivity index (χ1n) is 8.47. The zero-order valence-electron chi connectivity index (χ0n) is 14.8. The van der Waals surface area contributed by atoms with E-state index < -0.39 is 12.0 Å². The Labute approximate surface area is 167 Å². The summed E-state index contributed by atoms with van der Waals surface area (Å²) in [7, 11) is 0. The van der Waals surface area contributed by atoms with Gasteiger partial charge in [0.25, 0.3) is 0 Å². The summed E-state index contributed by atoms with van der Waals surface area (Å²) in [6.45, 7) is 4.96. The molecule has 6 heteroatoms. The molecule has 0 bridgehead atoms. The van der Waals surface area contributed by atoms with Gasteiger partial charge in [-0.1, -0.05) is 43.6 Å². The second kappa shape index (κ2) is 9.95. The van der Waals surface area contributed by atoms with E-state index in [2.05, 4.69) is 21.2 Å². The maximum atomic E-state index is 11.3. The molecule has 1 unspecified atom stereocenters. The Hall–Kier alpha value is -1.56. The van der Waals surface area contributed by atoms with Crippen LogP contribution < -0.4 is 10.1 Å². The second-order valence-corrected chi connectivity index (χ2v) is 7.87. The van der Waals surface area contributed by atoms with Gasteiger partial charge in [0.1, 0.15) is 18.4 Å². The molecule has 0 radical (unpaired) electrons. The molecule has 0 aliphatic heterocycles. The number of aliphatic carboxylic acids is 1. The number of hydrogen-bond donors (Lipinski definition) is 2. The maximum absolute atomic E-state index is 11.3. The van der Waals surface area contributed by atoms with Crippen LogP contribution in [0.3, 0.4) is 0 Å². The average Bonchev–Trinajstić information content (AvgIpc) is 2.58. The zero-order chi connectivity index (χ0) is 19.1. The molecule has 0 amide bonds. The van der Waals surface area contributed by atoms with E-state index in [4.69, 9.17) is 16.3 Å². The normalized spacial score (nSPS) is 12.2. The minimum absolute atomic E-state index is 0.318. The first kappa shape index (κ1) is 20.7. The fourth-order valence-corrected chi connectivity index (χ4v) is 3.16. The molecule has 0 aliphatic rings. The van der Waals surface area contributed by atoms with Gasteiger partial charge in [-0.05, 0) is 63.7 Å². The summed E-state index contributed by atoms with van der Waals surface area (Å²) in [5.74, 6) is 0.236. The summed E-state index contributed by atoms with van der Waals surface area (Å²) in [5, 5.41) is 13.1. The van der Waals surface area contributed by atoms with E-state index in [-0.39, 0.29) is 0 Å². The lowest BCUT2D eigenvalue weighted by molar-refractivity contribution is -0.140. The molecule has 2 aromatic carbocycles. The van der Waals surface area contributed by atoms with E-state index in [1.165, 1.54) is 0 Å². The number of nitrogens with one attached hydrogen (secondary N) is 1. The van der Waals surface area contributed by atoms with Crippen molar-refractivity contribution in [3.63, 3.8) is 0 Å². The standard InChI is InChI=1S/C20H23BrClNO3/c1-13(2)9-18(20(24)25)23-11-15-5-8-19(17(21)10-15)26-12-14-3-6-16(22)7-4-14/h3-8,10,13,18,23H,9,11-12H2,1-2H3,(H,24,25). The highest BCUT2D eigenvalue weighted by molar-refractivity contribution is 9.10. The zero-order valence-corrected chi connectivity index (χ0v) is 17.2. The van der Waals surface area contributed by atoms with Crippen molar-refractivity contribution in [2.24, 2.45) is 5.92 Å². The Balaban J connectivity index is 1.93. The highest BCUT2D eigenvalue weighted by atomic mass is 79.9. The van der Waals surface area contributed by atoms with Crippen molar-refractivity contribution in [2.75, 3.05) is 0 Å². The first-order valence-corrected chi connectivity index (χ1v) is 9.64. The molecule has 0 fully saturated rings. The Morgan fingerprint density at radius 2 is 1.85 bits per heavy atom. The number of ether oxygens (including phenoxy) is 1. The van der Waals surface area contributed by atoms with E-state index in [0.717, 1.165) is 21.3 Å². The van der Waals surface area contributed by atoms with Crippen LogP contribution in [0.1, 0.15) is 31.4 Å². The van der Waals surface area contributed by atoms with Crippen LogP contribution in [-0.4, -0.2) is 17.1 Å². The number of hydrogen-bond acceptors (Lipinski definition) is 3. The maximum Gasteiger partial charge on any atom is 0.320 e. The number of carbonyl (C=O) groups is 1. The van der Waals surface area contributed by atoms with Gasteiger partial charge in [0.2, 0.25) is 0 Å². The monoisotopic (exact) mass is 439 g/mol. The Morgan fingerprint density at radius 3 is 2.42 bits per heavy atom. The number of rotatable bonds is 9. The second-order valence-electron chi connectivity index (χ2n) is 6.58. The highest BCUT2D eigenvalue weighted by Crippen LogP contribution is 2.27. The molecule has 0 saturated carbocycles. The molecule has 2 rings (SSSR count). The van der Waals surface area contributed by atoms with Crippen molar-refractivity contribution in [1.29, 1.82) is 0 Å². The molecule has 4 nitrogen and oxygen atoms in total. The summed E-state index contributed by atoms with van der Waals surface area (Å²) >= 11 is 9.40. The van der Waals surface area contributed by atoms with Gasteiger partial charge in [-0.25, -0.2) is 0 Å². The third-order valence-electron chi connectivity index (χ3n) is 3.86. The van der Waals surface area contributed by atoms with Gasteiger partial charge in [0, 0.05) is 11.6 Å². The van der Waals surface area contributed by atoms with E-state index in [1.54, 1.807) is 0 Å². The Morgan fingerprint density at radius 1 is 1.19 bits per heavy atom. The van der Waals surface area contributed by atoms with E-state index in [9.17, 15) is 9.90 Å². The molecule has 140 valence electrons. The molecule has 0 heterocycles. The van der Waals surface area contributed by atoms with Gasteiger partial charge in [-0.15, -0.1) is 0 Å². The van der Waals surface area contributed by atoms with Crippen LogP contribution in [0.4, 0.5) is 0 Å². The topological polar surface area (TPSA) is 58.6 Å². The predicted octanol–water partition coefficient (Wildman–Crippen LogP) is 5.27. The highest BCUT2D eigenvalue weighted by Gasteiger charge is 2.18. The fraction of sp³-hybridized carbons (Fsp3) is 0.350. The van der Waals surface area contributed by atoms with Crippen molar-refractivity contribution >= 4 is 33.5 Å². The van der Waals surface area contributed by atoms with E-state index in [1.807, 2.05) is 56.3 Å². The van der Waals surface area contributed by atoms with Gasteiger partial charge in [-0.3, -0.25) is 4.79 Å². The van der Waals surface area contributed by atoms with Crippen LogP contribution in [0, 0.1) is 5.92 Å². The van der Waals surface area contributed by atoms with E-state index >= 15 is 0 Å². The molecule has 0 aliphatic carbocycles. The van der Waals surface area contributed by atoms with Crippen molar-refractivity contribution in [1.82, 2.24) is 5.32 Å². The molecule has 2 aromatic rings. The molecule has 2 N–H and O–H groups in total. The fourth-order valence-electron chi connectivity index (χ4n) is 2.50. The number of halogens is 2. The summed E-state index contributed by atoms with van der Waals surface area (Å²) in [4.78, 5) is 11.3. The average molecular weight is 441 g/mol. The van der Waals surface area contributed by atoms with Gasteiger partial charge in [0.15, 0.2) is 0 Å². The molecular formula is C20H23BrClNO3. The van der Waals surface area contributed by atoms with Crippen molar-refractivity contribution in [2.45, 2.75) is 39.5 Å². The molecular weight excluding hydrogens is 418 g/mol. The lowest BCUT2D eigenvalue weighted by atomic mass is 10.0. The molecule has 0 spiro atoms. The molecule has 1 atom stereocenters. The minimum Gasteiger partial charge on any atom is -0.488 e. The van der Waals surface area contributed by atoms with Crippen molar-refractivity contribution in [3.05, 3.63) is 63.1 Å². The minimum atomic E-state index is -0.819. The van der Waals surface area contributed by atoms with Crippen LogP contribution in [-0.2, 0) is 17.9 Å². The third kappa shape index (κ3) is 6.63. The molecule has 26 heavy (non-hydrogen) atoms. The number of carboxylic acid groups (broad SMARTS) is 1. The van der Waals surface area contributed by atoms with Crippen molar-refractivity contribution < 1.29 is 14.6 Å². The third-order valence-corrected chi connectivity index (χ3v) is 4.73. The lowest BCUT2D eigenvalue weighted by Crippen LogP contribution is -2.37. The van der Waals surface area contributed by atoms with Gasteiger partial charge in [0.05, 0.1) is 4.47 Å². The lowest BCUT2D eigenvalue weighted by Gasteiger charge is -2.17. The summed E-state index contributed by atoms with van der Waals surface area (Å²) in [6.07, 6.45) is 0.596. The molecule has 0 aromatic heterocycles. The predicted molar refractivity (Wildman–Crippen MR) is 108 cm³/mol. The van der Waals surface area contributed by atoms with Crippen molar-refractivity contribution in [3.8, 4) is 5.75 Å². The number of carboxylic acids is 1. The van der Waals surface area contributed by atoms with Crippen LogP contribution in [0.2, 0.25) is 5.02 Å². The summed E-state index contributed by atoms with van der Waals surface area (Å²) in [6, 6.07) is 12.7. The Bertz CT molecular complexity index is 734. The number of benzene rings is 2. The van der Waals surface area contributed by atoms with Gasteiger partial charge in [-0.2, -0.15) is 0 Å². The Kier molecular flexibility index (Phi) is 7.94. The largest absolute Gasteiger partial charge is 0.488 e. The molecule has 0 saturated heterocycles. The quantitative estimate of drug-likeness (QED) is 0.557. The van der Waals surface area contributed by atoms with Crippen LogP contribution in [0.25, 0.3) is 0 Å².